The van der Waals surface area contributed by atoms with Gasteiger partial charge in [0.2, 0.25) is 11.8 Å². The van der Waals surface area contributed by atoms with Gasteiger partial charge in [0.05, 0.1) is 5.92 Å². The van der Waals surface area contributed by atoms with Crippen LogP contribution in [0.3, 0.4) is 0 Å². The number of likely N-dealkylation sites (tertiary alicyclic amines) is 1. The SMILES string of the molecule is CSCCCNC(=O)[C@@H]1CCC(=O)N(C2CCCCCC2)C1. The average molecular weight is 327 g/mol. The highest BCUT2D eigenvalue weighted by Gasteiger charge is 2.34. The Morgan fingerprint density at radius 1 is 1.23 bits per heavy atom. The van der Waals surface area contributed by atoms with Crippen molar-refractivity contribution in [3.63, 3.8) is 0 Å². The zero-order chi connectivity index (χ0) is 15.8. The van der Waals surface area contributed by atoms with Crippen LogP contribution in [0.4, 0.5) is 0 Å². The smallest absolute Gasteiger partial charge is 0.224 e. The zero-order valence-electron chi connectivity index (χ0n) is 13.8. The van der Waals surface area contributed by atoms with Crippen molar-refractivity contribution in [3.05, 3.63) is 0 Å². The Morgan fingerprint density at radius 2 is 1.95 bits per heavy atom. The summed E-state index contributed by atoms with van der Waals surface area (Å²) in [5.74, 6) is 1.48. The number of hydrogen-bond acceptors (Lipinski definition) is 3. The van der Waals surface area contributed by atoms with Crippen molar-refractivity contribution in [1.82, 2.24) is 10.2 Å². The van der Waals surface area contributed by atoms with Gasteiger partial charge in [0, 0.05) is 25.6 Å². The van der Waals surface area contributed by atoms with Crippen molar-refractivity contribution in [3.8, 4) is 0 Å². The van der Waals surface area contributed by atoms with Gasteiger partial charge in [-0.05, 0) is 37.7 Å². The van der Waals surface area contributed by atoms with Crippen molar-refractivity contribution < 1.29 is 9.59 Å². The summed E-state index contributed by atoms with van der Waals surface area (Å²) >= 11 is 1.81. The largest absolute Gasteiger partial charge is 0.356 e. The van der Waals surface area contributed by atoms with Crippen molar-refractivity contribution in [2.45, 2.75) is 63.8 Å². The first-order valence-electron chi connectivity index (χ1n) is 8.78. The van der Waals surface area contributed by atoms with Crippen LogP contribution in [-0.4, -0.2) is 47.9 Å². The molecule has 0 bridgehead atoms. The first kappa shape index (κ1) is 17.6. The molecule has 0 unspecified atom stereocenters. The van der Waals surface area contributed by atoms with Gasteiger partial charge in [-0.3, -0.25) is 9.59 Å². The summed E-state index contributed by atoms with van der Waals surface area (Å²) in [6.07, 6.45) is 11.6. The highest BCUT2D eigenvalue weighted by atomic mass is 32.2. The number of nitrogens with one attached hydrogen (secondary N) is 1. The molecule has 2 fully saturated rings. The summed E-state index contributed by atoms with van der Waals surface area (Å²) in [7, 11) is 0. The van der Waals surface area contributed by atoms with E-state index in [1.807, 2.05) is 4.90 Å². The van der Waals surface area contributed by atoms with Gasteiger partial charge in [-0.1, -0.05) is 25.7 Å². The molecule has 2 amide bonds. The Bertz CT molecular complexity index is 368. The van der Waals surface area contributed by atoms with E-state index in [2.05, 4.69) is 11.6 Å². The fourth-order valence-electron chi connectivity index (χ4n) is 3.58. The minimum absolute atomic E-state index is 0.00441. The second-order valence-electron chi connectivity index (χ2n) is 6.56. The van der Waals surface area contributed by atoms with Crippen LogP contribution in [0.1, 0.15) is 57.8 Å². The Kier molecular flexibility index (Phi) is 7.56. The Morgan fingerprint density at radius 3 is 2.64 bits per heavy atom. The quantitative estimate of drug-likeness (QED) is 0.603. The van der Waals surface area contributed by atoms with E-state index >= 15 is 0 Å². The molecule has 1 aliphatic heterocycles. The maximum absolute atomic E-state index is 12.3. The second-order valence-corrected chi connectivity index (χ2v) is 7.55. The van der Waals surface area contributed by atoms with E-state index < -0.39 is 0 Å². The number of carbonyl (C=O) groups excluding carboxylic acids is 2. The third-order valence-electron chi connectivity index (χ3n) is 4.90. The molecule has 2 rings (SSSR count). The molecule has 0 radical (unpaired) electrons. The normalized spacial score (nSPS) is 24.1. The topological polar surface area (TPSA) is 49.4 Å². The minimum Gasteiger partial charge on any atom is -0.356 e. The Hall–Kier alpha value is -0.710. The van der Waals surface area contributed by atoms with Gasteiger partial charge < -0.3 is 10.2 Å². The molecule has 1 saturated heterocycles. The van der Waals surface area contributed by atoms with E-state index in [0.717, 1.165) is 38.0 Å². The first-order chi connectivity index (χ1) is 10.7. The number of rotatable bonds is 6. The van der Waals surface area contributed by atoms with Gasteiger partial charge in [0.15, 0.2) is 0 Å². The molecule has 5 heteroatoms. The lowest BCUT2D eigenvalue weighted by Crippen LogP contribution is -2.50. The monoisotopic (exact) mass is 326 g/mol. The molecule has 0 aromatic heterocycles. The maximum atomic E-state index is 12.3. The third-order valence-corrected chi connectivity index (χ3v) is 5.60. The summed E-state index contributed by atoms with van der Waals surface area (Å²) in [6, 6.07) is 0.377. The maximum Gasteiger partial charge on any atom is 0.224 e. The van der Waals surface area contributed by atoms with Crippen LogP contribution in [0, 0.1) is 5.92 Å². The molecule has 1 heterocycles. The number of hydrogen-bond donors (Lipinski definition) is 1. The molecule has 1 N–H and O–H groups in total. The third kappa shape index (κ3) is 5.18. The summed E-state index contributed by atoms with van der Waals surface area (Å²) < 4.78 is 0. The summed E-state index contributed by atoms with van der Waals surface area (Å²) in [6.45, 7) is 1.39. The highest BCUT2D eigenvalue weighted by molar-refractivity contribution is 7.98. The standard InChI is InChI=1S/C17H30N2O2S/c1-22-12-6-11-18-17(21)14-9-10-16(20)19(13-14)15-7-4-2-3-5-8-15/h14-15H,2-13H2,1H3,(H,18,21)/t14-/m1/s1. The van der Waals surface area contributed by atoms with E-state index in [-0.39, 0.29) is 17.7 Å². The molecule has 4 nitrogen and oxygen atoms in total. The van der Waals surface area contributed by atoms with Crippen LogP contribution in [0.2, 0.25) is 0 Å². The van der Waals surface area contributed by atoms with E-state index in [1.54, 1.807) is 11.8 Å². The molecule has 1 atom stereocenters. The van der Waals surface area contributed by atoms with E-state index in [1.165, 1.54) is 25.7 Å². The summed E-state index contributed by atoms with van der Waals surface area (Å²) in [4.78, 5) is 26.6. The lowest BCUT2D eigenvalue weighted by molar-refractivity contribution is -0.141. The molecule has 0 aromatic rings. The number of nitrogens with zero attached hydrogens (tertiary/aromatic N) is 1. The molecule has 0 spiro atoms. The van der Waals surface area contributed by atoms with Gasteiger partial charge in [0.1, 0.15) is 0 Å². The fourth-order valence-corrected chi connectivity index (χ4v) is 4.01. The predicted octanol–water partition coefficient (Wildman–Crippen LogP) is 2.82. The van der Waals surface area contributed by atoms with Gasteiger partial charge in [-0.25, -0.2) is 0 Å². The lowest BCUT2D eigenvalue weighted by atomic mass is 9.93. The van der Waals surface area contributed by atoms with Crippen LogP contribution in [-0.2, 0) is 9.59 Å². The fraction of sp³-hybridized carbons (Fsp3) is 0.882. The molecule has 0 aromatic carbocycles. The molecular weight excluding hydrogens is 296 g/mol. The van der Waals surface area contributed by atoms with Crippen LogP contribution in [0.15, 0.2) is 0 Å². The van der Waals surface area contributed by atoms with Gasteiger partial charge in [-0.2, -0.15) is 11.8 Å². The van der Waals surface area contributed by atoms with Crippen LogP contribution in [0.5, 0.6) is 0 Å². The van der Waals surface area contributed by atoms with E-state index in [4.69, 9.17) is 0 Å². The molecule has 1 aliphatic carbocycles. The highest BCUT2D eigenvalue weighted by Crippen LogP contribution is 2.27. The molecule has 2 aliphatic rings. The second kappa shape index (κ2) is 9.43. The van der Waals surface area contributed by atoms with Crippen molar-refractivity contribution in [2.24, 2.45) is 5.92 Å². The zero-order valence-corrected chi connectivity index (χ0v) is 14.6. The summed E-state index contributed by atoms with van der Waals surface area (Å²) in [5.41, 5.74) is 0. The first-order valence-corrected chi connectivity index (χ1v) is 10.2. The average Bonchev–Trinajstić information content (AvgIpc) is 2.81. The number of amides is 2. The molecule has 1 saturated carbocycles. The van der Waals surface area contributed by atoms with Crippen LogP contribution >= 0.6 is 11.8 Å². The Labute approximate surface area is 138 Å². The van der Waals surface area contributed by atoms with Gasteiger partial charge in [-0.15, -0.1) is 0 Å². The molecule has 126 valence electrons. The van der Waals surface area contributed by atoms with Crippen molar-refractivity contribution in [1.29, 1.82) is 0 Å². The molecular formula is C17H30N2O2S. The van der Waals surface area contributed by atoms with Gasteiger partial charge >= 0.3 is 0 Å². The summed E-state index contributed by atoms with van der Waals surface area (Å²) in [5, 5.41) is 3.05. The number of thioether (sulfide) groups is 1. The number of piperidine rings is 1. The van der Waals surface area contributed by atoms with E-state index in [0.29, 0.717) is 19.0 Å². The predicted molar refractivity (Wildman–Crippen MR) is 91.9 cm³/mol. The minimum atomic E-state index is -0.00441. The van der Waals surface area contributed by atoms with Crippen LogP contribution in [0.25, 0.3) is 0 Å². The number of carbonyl (C=O) groups is 2. The van der Waals surface area contributed by atoms with E-state index in [9.17, 15) is 9.59 Å². The Balaban J connectivity index is 1.84. The van der Waals surface area contributed by atoms with Crippen molar-refractivity contribution >= 4 is 23.6 Å². The van der Waals surface area contributed by atoms with Gasteiger partial charge in [0.25, 0.3) is 0 Å². The van der Waals surface area contributed by atoms with Crippen LogP contribution < -0.4 is 5.32 Å². The van der Waals surface area contributed by atoms with Crippen molar-refractivity contribution in [2.75, 3.05) is 25.1 Å². The lowest BCUT2D eigenvalue weighted by Gasteiger charge is -2.37. The molecule has 22 heavy (non-hydrogen) atoms.